The molecule has 0 radical (unpaired) electrons. The molecule has 1 amide bonds. The van der Waals surface area contributed by atoms with Crippen LogP contribution in [0.25, 0.3) is 0 Å². The van der Waals surface area contributed by atoms with Gasteiger partial charge in [0.25, 0.3) is 5.91 Å². The van der Waals surface area contributed by atoms with Gasteiger partial charge < -0.3 is 15.8 Å². The van der Waals surface area contributed by atoms with E-state index in [1.54, 1.807) is 29.5 Å². The van der Waals surface area contributed by atoms with Crippen LogP contribution in [0.15, 0.2) is 35.7 Å². The summed E-state index contributed by atoms with van der Waals surface area (Å²) in [5, 5.41) is 4.95. The van der Waals surface area contributed by atoms with Gasteiger partial charge in [-0.15, -0.1) is 11.3 Å². The Labute approximate surface area is 122 Å². The molecule has 0 aliphatic rings. The van der Waals surface area contributed by atoms with Gasteiger partial charge in [0.2, 0.25) is 0 Å². The first-order valence-electron chi connectivity index (χ1n) is 6.47. The SMILES string of the molecule is CCOc1cc(N)cc(C(=O)NC(C)c2cccs2)c1. The number of hydrogen-bond donors (Lipinski definition) is 2. The normalized spacial score (nSPS) is 11.9. The molecule has 2 aromatic rings. The number of anilines is 1. The molecule has 1 unspecified atom stereocenters. The maximum atomic E-state index is 12.2. The Kier molecular flexibility index (Phi) is 4.63. The first kappa shape index (κ1) is 14.4. The molecule has 3 N–H and O–H groups in total. The van der Waals surface area contributed by atoms with Crippen molar-refractivity contribution in [3.05, 3.63) is 46.2 Å². The van der Waals surface area contributed by atoms with E-state index < -0.39 is 0 Å². The molecule has 0 saturated carbocycles. The summed E-state index contributed by atoms with van der Waals surface area (Å²) in [6.07, 6.45) is 0. The van der Waals surface area contributed by atoms with Crippen LogP contribution in [0.4, 0.5) is 5.69 Å². The van der Waals surface area contributed by atoms with Gasteiger partial charge in [0.15, 0.2) is 0 Å². The van der Waals surface area contributed by atoms with Crippen molar-refractivity contribution in [2.45, 2.75) is 19.9 Å². The van der Waals surface area contributed by atoms with Crippen LogP contribution in [0.3, 0.4) is 0 Å². The number of thiophene rings is 1. The zero-order valence-corrected chi connectivity index (χ0v) is 12.4. The third-order valence-electron chi connectivity index (χ3n) is 2.82. The summed E-state index contributed by atoms with van der Waals surface area (Å²) in [6, 6.07) is 9.01. The molecule has 4 nitrogen and oxygen atoms in total. The van der Waals surface area contributed by atoms with Crippen LogP contribution in [-0.2, 0) is 0 Å². The second kappa shape index (κ2) is 6.43. The van der Waals surface area contributed by atoms with Crippen LogP contribution < -0.4 is 15.8 Å². The van der Waals surface area contributed by atoms with Gasteiger partial charge in [-0.3, -0.25) is 4.79 Å². The van der Waals surface area contributed by atoms with E-state index in [0.29, 0.717) is 23.6 Å². The van der Waals surface area contributed by atoms with Crippen molar-refractivity contribution >= 4 is 22.9 Å². The molecule has 0 aliphatic heterocycles. The van der Waals surface area contributed by atoms with Gasteiger partial charge in [0, 0.05) is 22.2 Å². The van der Waals surface area contributed by atoms with Gasteiger partial charge in [0.05, 0.1) is 12.6 Å². The second-order valence-electron chi connectivity index (χ2n) is 4.43. The highest BCUT2D eigenvalue weighted by Crippen LogP contribution is 2.21. The number of nitrogen functional groups attached to an aromatic ring is 1. The Morgan fingerprint density at radius 2 is 2.25 bits per heavy atom. The molecular formula is C15H18N2O2S. The zero-order chi connectivity index (χ0) is 14.5. The number of carbonyl (C=O) groups excluding carboxylic acids is 1. The number of carbonyl (C=O) groups is 1. The van der Waals surface area contributed by atoms with Crippen LogP contribution in [0, 0.1) is 0 Å². The highest BCUT2D eigenvalue weighted by atomic mass is 32.1. The first-order chi connectivity index (χ1) is 9.60. The summed E-state index contributed by atoms with van der Waals surface area (Å²) in [6.45, 7) is 4.39. The monoisotopic (exact) mass is 290 g/mol. The summed E-state index contributed by atoms with van der Waals surface area (Å²) in [5.41, 5.74) is 6.82. The summed E-state index contributed by atoms with van der Waals surface area (Å²) in [4.78, 5) is 13.4. The number of nitrogens with one attached hydrogen (secondary N) is 1. The lowest BCUT2D eigenvalue weighted by atomic mass is 10.1. The van der Waals surface area contributed by atoms with Crippen molar-refractivity contribution in [1.82, 2.24) is 5.32 Å². The molecule has 1 heterocycles. The van der Waals surface area contributed by atoms with E-state index in [-0.39, 0.29) is 11.9 Å². The minimum Gasteiger partial charge on any atom is -0.494 e. The number of rotatable bonds is 5. The standard InChI is InChI=1S/C15H18N2O2S/c1-3-19-13-8-11(7-12(16)9-13)15(18)17-10(2)14-5-4-6-20-14/h4-10H,3,16H2,1-2H3,(H,17,18). The minimum absolute atomic E-state index is 0.0283. The van der Waals surface area contributed by atoms with Gasteiger partial charge in [-0.1, -0.05) is 6.07 Å². The smallest absolute Gasteiger partial charge is 0.251 e. The summed E-state index contributed by atoms with van der Waals surface area (Å²) >= 11 is 1.62. The van der Waals surface area contributed by atoms with Crippen LogP contribution in [0.1, 0.15) is 35.1 Å². The molecular weight excluding hydrogens is 272 g/mol. The molecule has 106 valence electrons. The Hall–Kier alpha value is -2.01. The fourth-order valence-corrected chi connectivity index (χ4v) is 2.63. The van der Waals surface area contributed by atoms with Gasteiger partial charge in [-0.05, 0) is 37.4 Å². The number of amides is 1. The Bertz CT molecular complexity index is 582. The van der Waals surface area contributed by atoms with Crippen LogP contribution in [0.5, 0.6) is 5.75 Å². The average Bonchev–Trinajstić information content (AvgIpc) is 2.92. The van der Waals surface area contributed by atoms with E-state index in [9.17, 15) is 4.79 Å². The molecule has 0 fully saturated rings. The number of nitrogens with two attached hydrogens (primary N) is 1. The van der Waals surface area contributed by atoms with E-state index >= 15 is 0 Å². The number of benzene rings is 1. The Balaban J connectivity index is 2.12. The summed E-state index contributed by atoms with van der Waals surface area (Å²) in [5.74, 6) is 0.459. The van der Waals surface area contributed by atoms with E-state index in [1.165, 1.54) is 0 Å². The zero-order valence-electron chi connectivity index (χ0n) is 11.6. The molecule has 0 spiro atoms. The highest BCUT2D eigenvalue weighted by Gasteiger charge is 2.13. The largest absolute Gasteiger partial charge is 0.494 e. The first-order valence-corrected chi connectivity index (χ1v) is 7.35. The third-order valence-corrected chi connectivity index (χ3v) is 3.87. The van der Waals surface area contributed by atoms with Crippen molar-refractivity contribution < 1.29 is 9.53 Å². The maximum absolute atomic E-state index is 12.2. The maximum Gasteiger partial charge on any atom is 0.251 e. The van der Waals surface area contributed by atoms with Crippen LogP contribution in [0.2, 0.25) is 0 Å². The van der Waals surface area contributed by atoms with E-state index in [1.807, 2.05) is 31.4 Å². The second-order valence-corrected chi connectivity index (χ2v) is 5.41. The molecule has 1 aromatic heterocycles. The summed E-state index contributed by atoms with van der Waals surface area (Å²) in [7, 11) is 0. The number of hydrogen-bond acceptors (Lipinski definition) is 4. The molecule has 5 heteroatoms. The van der Waals surface area contributed by atoms with Crippen molar-refractivity contribution in [2.24, 2.45) is 0 Å². The van der Waals surface area contributed by atoms with E-state index in [2.05, 4.69) is 5.32 Å². The third kappa shape index (κ3) is 3.51. The molecule has 1 aromatic carbocycles. The molecule has 2 rings (SSSR count). The molecule has 0 saturated heterocycles. The lowest BCUT2D eigenvalue weighted by Gasteiger charge is -2.13. The molecule has 20 heavy (non-hydrogen) atoms. The van der Waals surface area contributed by atoms with Gasteiger partial charge in [-0.25, -0.2) is 0 Å². The van der Waals surface area contributed by atoms with Gasteiger partial charge in [-0.2, -0.15) is 0 Å². The average molecular weight is 290 g/mol. The van der Waals surface area contributed by atoms with Crippen molar-refractivity contribution in [1.29, 1.82) is 0 Å². The lowest BCUT2D eigenvalue weighted by Crippen LogP contribution is -2.26. The Morgan fingerprint density at radius 3 is 2.90 bits per heavy atom. The predicted octanol–water partition coefficient (Wildman–Crippen LogP) is 3.22. The lowest BCUT2D eigenvalue weighted by molar-refractivity contribution is 0.0940. The van der Waals surface area contributed by atoms with Crippen molar-refractivity contribution in [3.8, 4) is 5.75 Å². The fraction of sp³-hybridized carbons (Fsp3) is 0.267. The molecule has 0 aliphatic carbocycles. The molecule has 1 atom stereocenters. The van der Waals surface area contributed by atoms with Crippen molar-refractivity contribution in [3.63, 3.8) is 0 Å². The highest BCUT2D eigenvalue weighted by molar-refractivity contribution is 7.10. The topological polar surface area (TPSA) is 64.3 Å². The predicted molar refractivity (Wildman–Crippen MR) is 82.2 cm³/mol. The fourth-order valence-electron chi connectivity index (χ4n) is 1.89. The van der Waals surface area contributed by atoms with E-state index in [0.717, 1.165) is 4.88 Å². The minimum atomic E-state index is -0.154. The van der Waals surface area contributed by atoms with Crippen molar-refractivity contribution in [2.75, 3.05) is 12.3 Å². The van der Waals surface area contributed by atoms with Crippen LogP contribution >= 0.6 is 11.3 Å². The number of ether oxygens (including phenoxy) is 1. The van der Waals surface area contributed by atoms with Gasteiger partial charge in [0.1, 0.15) is 5.75 Å². The van der Waals surface area contributed by atoms with E-state index in [4.69, 9.17) is 10.5 Å². The quantitative estimate of drug-likeness (QED) is 0.831. The van der Waals surface area contributed by atoms with Crippen LogP contribution in [-0.4, -0.2) is 12.5 Å². The molecule has 0 bridgehead atoms. The Morgan fingerprint density at radius 1 is 1.45 bits per heavy atom. The summed E-state index contributed by atoms with van der Waals surface area (Å²) < 4.78 is 5.40. The van der Waals surface area contributed by atoms with Gasteiger partial charge >= 0.3 is 0 Å².